The van der Waals surface area contributed by atoms with Crippen molar-refractivity contribution in [1.82, 2.24) is 10.2 Å². The largest absolute Gasteiger partial charge is 0.457 e. The smallest absolute Gasteiger partial charge is 0.409 e. The second-order valence-corrected chi connectivity index (χ2v) is 13.5. The number of ether oxygens (including phenoxy) is 4. The van der Waals surface area contributed by atoms with E-state index in [0.29, 0.717) is 17.7 Å². The summed E-state index contributed by atoms with van der Waals surface area (Å²) in [5.41, 5.74) is -0.565. The summed E-state index contributed by atoms with van der Waals surface area (Å²) in [4.78, 5) is 54.6. The Morgan fingerprint density at radius 2 is 1.98 bits per heavy atom. The minimum absolute atomic E-state index is 0.0533. The SMILES string of the molecule is CO[C@@H]1C=CC=C(C)Cc2cc(CO)c(Cl)c(c2)N(C)C(=O)C[C@H](OC(=O)[C@H](C)N(C)C(C)=O)[C@]2(C)OC2[C@H](C)[C@@H]2C[C@@]1(O)NC(=O)O2. The summed E-state index contributed by atoms with van der Waals surface area (Å²) < 4.78 is 23.3. The monoisotopic (exact) mass is 691 g/mol. The van der Waals surface area contributed by atoms with Gasteiger partial charge in [0.1, 0.15) is 30.0 Å². The summed E-state index contributed by atoms with van der Waals surface area (Å²) >= 11 is 6.67. The Kier molecular flexibility index (Phi) is 11.3. The van der Waals surface area contributed by atoms with Crippen molar-refractivity contribution in [2.45, 2.75) is 102 Å². The number of anilines is 1. The molecule has 3 amide bonds. The van der Waals surface area contributed by atoms with Crippen molar-refractivity contribution in [1.29, 1.82) is 0 Å². The van der Waals surface area contributed by atoms with Crippen molar-refractivity contribution < 1.29 is 48.3 Å². The van der Waals surface area contributed by atoms with E-state index in [1.54, 1.807) is 45.2 Å². The zero-order valence-corrected chi connectivity index (χ0v) is 29.4. The number of carbonyl (C=O) groups excluding carboxylic acids is 4. The highest BCUT2D eigenvalue weighted by Gasteiger charge is 2.64. The summed E-state index contributed by atoms with van der Waals surface area (Å²) in [6.07, 6.45) is 0.837. The van der Waals surface area contributed by atoms with Gasteiger partial charge in [-0.05, 0) is 44.4 Å². The lowest BCUT2D eigenvalue weighted by Crippen LogP contribution is -2.63. The highest BCUT2D eigenvalue weighted by atomic mass is 35.5. The van der Waals surface area contributed by atoms with Crippen molar-refractivity contribution in [3.8, 4) is 0 Å². The second-order valence-electron chi connectivity index (χ2n) is 13.1. The molecule has 0 radical (unpaired) electrons. The summed E-state index contributed by atoms with van der Waals surface area (Å²) in [5.74, 6) is -2.06. The van der Waals surface area contributed by atoms with Gasteiger partial charge in [-0.2, -0.15) is 0 Å². The van der Waals surface area contributed by atoms with Gasteiger partial charge in [-0.25, -0.2) is 9.59 Å². The van der Waals surface area contributed by atoms with E-state index in [0.717, 1.165) is 11.1 Å². The Bertz CT molecular complexity index is 1500. The maximum absolute atomic E-state index is 13.9. The minimum Gasteiger partial charge on any atom is -0.457 e. The quantitative estimate of drug-likeness (QED) is 0.309. The Morgan fingerprint density at radius 1 is 1.29 bits per heavy atom. The number of epoxide rings is 1. The highest BCUT2D eigenvalue weighted by molar-refractivity contribution is 6.34. The molecule has 0 saturated carbocycles. The van der Waals surface area contributed by atoms with Gasteiger partial charge in [-0.15, -0.1) is 0 Å². The standard InChI is InChI=1S/C34H46ClN3O10/c1-18-10-9-11-26(45-8)34(44)16-25(46-32(43)36-34)19(2)30-33(5,48-30)27(47-31(42)20(3)37(6)21(4)40)15-28(41)38(7)24-14-22(12-18)13-23(17-39)29(24)35/h9-11,13-14,19-20,25-27,30,39,44H,12,15-17H2,1-8H3,(H,36,43)/t19-,20+,25+,26-,27+,30?,33+,34+/m1/s1. The number of allylic oxidation sites excluding steroid dienone is 3. The Morgan fingerprint density at radius 3 is 2.60 bits per heavy atom. The van der Waals surface area contributed by atoms with Crippen LogP contribution in [0.5, 0.6) is 0 Å². The number of halogens is 1. The molecule has 4 bridgehead atoms. The molecular formula is C34H46ClN3O10. The molecule has 264 valence electrons. The van der Waals surface area contributed by atoms with Crippen LogP contribution >= 0.6 is 11.6 Å². The number of methoxy groups -OCH3 is 1. The summed E-state index contributed by atoms with van der Waals surface area (Å²) in [5, 5.41) is 24.4. The van der Waals surface area contributed by atoms with Crippen LogP contribution in [0, 0.1) is 5.92 Å². The van der Waals surface area contributed by atoms with Crippen molar-refractivity contribution >= 4 is 41.2 Å². The van der Waals surface area contributed by atoms with E-state index >= 15 is 0 Å². The number of likely N-dealkylation sites (N-methyl/N-ethyl adjacent to an activating group) is 1. The van der Waals surface area contributed by atoms with Crippen molar-refractivity contribution in [2.75, 3.05) is 26.1 Å². The van der Waals surface area contributed by atoms with Gasteiger partial charge in [0, 0.05) is 40.5 Å². The molecule has 3 aliphatic heterocycles. The molecule has 1 aromatic carbocycles. The lowest BCUT2D eigenvalue weighted by molar-refractivity contribution is -0.161. The molecule has 14 heteroatoms. The first-order valence-corrected chi connectivity index (χ1v) is 16.2. The fourth-order valence-electron chi connectivity index (χ4n) is 6.34. The Balaban J connectivity index is 1.80. The van der Waals surface area contributed by atoms with E-state index in [-0.39, 0.29) is 30.4 Å². The van der Waals surface area contributed by atoms with E-state index < -0.39 is 65.7 Å². The molecule has 2 saturated heterocycles. The molecule has 3 N–H and O–H groups in total. The van der Waals surface area contributed by atoms with Crippen molar-refractivity contribution in [2.24, 2.45) is 5.92 Å². The van der Waals surface area contributed by atoms with Crippen LogP contribution in [0.4, 0.5) is 10.5 Å². The first kappa shape index (κ1) is 37.3. The molecule has 2 fully saturated rings. The molecule has 8 atom stereocenters. The fraction of sp³-hybridized carbons (Fsp3) is 0.588. The maximum Gasteiger partial charge on any atom is 0.409 e. The average Bonchev–Trinajstić information content (AvgIpc) is 3.73. The topological polar surface area (TPSA) is 167 Å². The number of esters is 1. The minimum atomic E-state index is -1.83. The Labute approximate surface area is 285 Å². The molecule has 3 heterocycles. The Hall–Kier alpha value is -3.49. The molecule has 1 unspecified atom stereocenters. The van der Waals surface area contributed by atoms with E-state index in [1.807, 2.05) is 13.0 Å². The van der Waals surface area contributed by atoms with Gasteiger partial charge in [-0.1, -0.05) is 48.4 Å². The predicted octanol–water partition coefficient (Wildman–Crippen LogP) is 3.02. The number of rotatable bonds is 5. The summed E-state index contributed by atoms with van der Waals surface area (Å²) in [6.45, 7) is 7.86. The number of nitrogens with one attached hydrogen (secondary N) is 1. The van der Waals surface area contributed by atoms with Crippen LogP contribution < -0.4 is 10.2 Å². The molecule has 0 spiro atoms. The van der Waals surface area contributed by atoms with Gasteiger partial charge in [0.25, 0.3) is 0 Å². The average molecular weight is 692 g/mol. The van der Waals surface area contributed by atoms with Crippen LogP contribution in [-0.2, 0) is 46.4 Å². The van der Waals surface area contributed by atoms with Gasteiger partial charge in [0.05, 0.1) is 29.8 Å². The van der Waals surface area contributed by atoms with Crippen LogP contribution in [0.25, 0.3) is 0 Å². The van der Waals surface area contributed by atoms with Crippen molar-refractivity contribution in [3.05, 3.63) is 52.1 Å². The van der Waals surface area contributed by atoms with E-state index in [4.69, 9.17) is 30.5 Å². The number of hydrogen-bond donors (Lipinski definition) is 3. The molecule has 3 aliphatic rings. The first-order chi connectivity index (χ1) is 22.4. The lowest BCUT2D eigenvalue weighted by atomic mass is 9.83. The van der Waals surface area contributed by atoms with Crippen LogP contribution in [0.2, 0.25) is 5.02 Å². The third kappa shape index (κ3) is 7.70. The number of fused-ring (bicyclic) bond motifs is 5. The first-order valence-electron chi connectivity index (χ1n) is 15.8. The van der Waals surface area contributed by atoms with Gasteiger partial charge < -0.3 is 39.0 Å². The lowest BCUT2D eigenvalue weighted by Gasteiger charge is -2.42. The summed E-state index contributed by atoms with van der Waals surface area (Å²) in [7, 11) is 4.44. The number of nitrogens with zero attached hydrogens (tertiary/aromatic N) is 2. The number of hydrogen-bond acceptors (Lipinski definition) is 10. The molecule has 0 aromatic heterocycles. The fourth-order valence-corrected chi connectivity index (χ4v) is 6.63. The normalized spacial score (nSPS) is 31.5. The van der Waals surface area contributed by atoms with Crippen LogP contribution in [0.3, 0.4) is 0 Å². The van der Waals surface area contributed by atoms with Gasteiger partial charge >= 0.3 is 12.1 Å². The highest BCUT2D eigenvalue weighted by Crippen LogP contribution is 2.49. The van der Waals surface area contributed by atoms with E-state index in [1.165, 1.54) is 37.8 Å². The molecule has 4 rings (SSSR count). The zero-order chi connectivity index (χ0) is 35.7. The maximum atomic E-state index is 13.9. The van der Waals surface area contributed by atoms with E-state index in [2.05, 4.69) is 5.32 Å². The van der Waals surface area contributed by atoms with Gasteiger partial charge in [-0.3, -0.25) is 14.9 Å². The number of alkyl carbamates (subject to hydrolysis) is 1. The zero-order valence-electron chi connectivity index (χ0n) is 28.6. The predicted molar refractivity (Wildman–Crippen MR) is 176 cm³/mol. The van der Waals surface area contributed by atoms with Crippen LogP contribution in [0.15, 0.2) is 35.9 Å². The second kappa shape index (κ2) is 14.6. The summed E-state index contributed by atoms with van der Waals surface area (Å²) in [6, 6.07) is 2.56. The molecule has 48 heavy (non-hydrogen) atoms. The van der Waals surface area contributed by atoms with E-state index in [9.17, 15) is 29.4 Å². The van der Waals surface area contributed by atoms with Crippen LogP contribution in [-0.4, -0.2) is 102 Å². The molecular weight excluding hydrogens is 646 g/mol. The third-order valence-corrected chi connectivity index (χ3v) is 10.1. The number of aliphatic hydroxyl groups is 2. The number of amides is 3. The van der Waals surface area contributed by atoms with Crippen molar-refractivity contribution in [3.63, 3.8) is 0 Å². The third-order valence-electron chi connectivity index (χ3n) is 9.69. The van der Waals surface area contributed by atoms with Gasteiger partial charge in [0.15, 0.2) is 5.72 Å². The number of aliphatic hydroxyl groups excluding tert-OH is 1. The van der Waals surface area contributed by atoms with Crippen LogP contribution in [0.1, 0.15) is 58.6 Å². The van der Waals surface area contributed by atoms with Gasteiger partial charge in [0.2, 0.25) is 11.8 Å². The number of carbonyl (C=O) groups is 4. The number of benzene rings is 1. The molecule has 0 aliphatic carbocycles. The molecule has 13 nitrogen and oxygen atoms in total. The molecule has 1 aromatic rings.